The predicted molar refractivity (Wildman–Crippen MR) is 46.9 cm³/mol. The van der Waals surface area contributed by atoms with E-state index in [0.717, 1.165) is 0 Å². The molecule has 0 saturated heterocycles. The first-order chi connectivity index (χ1) is 5.61. The van der Waals surface area contributed by atoms with Crippen molar-refractivity contribution in [3.63, 3.8) is 0 Å². The SMILES string of the molecule is CC(O)C(O)c1c[c]cc(Cl)c1. The predicted octanol–water partition coefficient (Wildman–Crippen LogP) is 1.55. The van der Waals surface area contributed by atoms with Gasteiger partial charge in [-0.1, -0.05) is 11.6 Å². The molecule has 1 aromatic carbocycles. The Balaban J connectivity index is 2.88. The summed E-state index contributed by atoms with van der Waals surface area (Å²) in [4.78, 5) is 0. The minimum absolute atomic E-state index is 0.507. The van der Waals surface area contributed by atoms with Crippen molar-refractivity contribution in [1.29, 1.82) is 0 Å². The second-order valence-corrected chi connectivity index (χ2v) is 3.11. The van der Waals surface area contributed by atoms with E-state index < -0.39 is 12.2 Å². The molecule has 65 valence electrons. The van der Waals surface area contributed by atoms with Crippen molar-refractivity contribution < 1.29 is 10.2 Å². The van der Waals surface area contributed by atoms with Gasteiger partial charge in [0.25, 0.3) is 0 Å². The fourth-order valence-corrected chi connectivity index (χ4v) is 1.10. The summed E-state index contributed by atoms with van der Waals surface area (Å²) in [7, 11) is 0. The average Bonchev–Trinajstić information content (AvgIpc) is 2.03. The molecule has 2 nitrogen and oxygen atoms in total. The molecule has 0 aliphatic rings. The van der Waals surface area contributed by atoms with Gasteiger partial charge in [-0.25, -0.2) is 0 Å². The van der Waals surface area contributed by atoms with Crippen LogP contribution in [0.25, 0.3) is 0 Å². The minimum Gasteiger partial charge on any atom is -0.390 e. The van der Waals surface area contributed by atoms with Gasteiger partial charge in [0.05, 0.1) is 6.10 Å². The van der Waals surface area contributed by atoms with Gasteiger partial charge in [0.2, 0.25) is 0 Å². The maximum Gasteiger partial charge on any atom is 0.105 e. The molecular formula is C9H10ClO2. The lowest BCUT2D eigenvalue weighted by atomic mass is 10.1. The zero-order valence-electron chi connectivity index (χ0n) is 6.66. The summed E-state index contributed by atoms with van der Waals surface area (Å²) in [5, 5.41) is 19.0. The number of benzene rings is 1. The number of halogens is 1. The Hall–Kier alpha value is -0.570. The summed E-state index contributed by atoms with van der Waals surface area (Å²) >= 11 is 5.67. The second kappa shape index (κ2) is 3.90. The minimum atomic E-state index is -0.889. The molecular weight excluding hydrogens is 176 g/mol. The first-order valence-corrected chi connectivity index (χ1v) is 4.01. The van der Waals surface area contributed by atoms with Crippen LogP contribution in [-0.2, 0) is 0 Å². The van der Waals surface area contributed by atoms with Crippen LogP contribution in [0.4, 0.5) is 0 Å². The molecule has 0 saturated carbocycles. The molecule has 0 bridgehead atoms. The van der Waals surface area contributed by atoms with Crippen molar-refractivity contribution in [3.05, 3.63) is 34.9 Å². The van der Waals surface area contributed by atoms with E-state index in [2.05, 4.69) is 6.07 Å². The highest BCUT2D eigenvalue weighted by atomic mass is 35.5. The molecule has 2 N–H and O–H groups in total. The quantitative estimate of drug-likeness (QED) is 0.734. The average molecular weight is 186 g/mol. The third-order valence-electron chi connectivity index (χ3n) is 1.57. The van der Waals surface area contributed by atoms with Gasteiger partial charge in [-0.15, -0.1) is 0 Å². The zero-order chi connectivity index (χ0) is 9.14. The standard InChI is InChI=1S/C9H10ClO2/c1-6(11)9(12)7-3-2-4-8(10)5-7/h3-6,9,11-12H,1H3. The maximum atomic E-state index is 9.39. The topological polar surface area (TPSA) is 40.5 Å². The highest BCUT2D eigenvalue weighted by Crippen LogP contribution is 2.19. The summed E-state index contributed by atoms with van der Waals surface area (Å²) < 4.78 is 0. The van der Waals surface area contributed by atoms with Gasteiger partial charge in [-0.2, -0.15) is 0 Å². The van der Waals surface area contributed by atoms with Crippen molar-refractivity contribution in [2.45, 2.75) is 19.1 Å². The normalized spacial score (nSPS) is 15.7. The molecule has 1 radical (unpaired) electrons. The number of aliphatic hydroxyl groups excluding tert-OH is 2. The van der Waals surface area contributed by atoms with Crippen LogP contribution in [0.3, 0.4) is 0 Å². The lowest BCUT2D eigenvalue weighted by Gasteiger charge is -2.13. The number of hydrogen-bond donors (Lipinski definition) is 2. The largest absolute Gasteiger partial charge is 0.390 e. The molecule has 1 aromatic rings. The van der Waals surface area contributed by atoms with E-state index in [1.165, 1.54) is 6.92 Å². The molecule has 0 spiro atoms. The molecule has 0 aromatic heterocycles. The first kappa shape index (κ1) is 9.52. The fourth-order valence-electron chi connectivity index (χ4n) is 0.909. The molecule has 2 unspecified atom stereocenters. The third-order valence-corrected chi connectivity index (χ3v) is 1.79. The van der Waals surface area contributed by atoms with E-state index in [-0.39, 0.29) is 0 Å². The van der Waals surface area contributed by atoms with Crippen molar-refractivity contribution in [2.75, 3.05) is 0 Å². The van der Waals surface area contributed by atoms with Crippen LogP contribution in [0.5, 0.6) is 0 Å². The summed E-state index contributed by atoms with van der Waals surface area (Å²) in [6.07, 6.45) is -1.68. The van der Waals surface area contributed by atoms with Gasteiger partial charge in [-0.3, -0.25) is 0 Å². The molecule has 0 fully saturated rings. The van der Waals surface area contributed by atoms with Crippen LogP contribution in [-0.4, -0.2) is 16.3 Å². The Labute approximate surface area is 76.4 Å². The summed E-state index contributed by atoms with van der Waals surface area (Å²) in [5.74, 6) is 0. The van der Waals surface area contributed by atoms with Crippen LogP contribution in [0, 0.1) is 6.07 Å². The lowest BCUT2D eigenvalue weighted by molar-refractivity contribution is 0.0305. The smallest absolute Gasteiger partial charge is 0.105 e. The van der Waals surface area contributed by atoms with Gasteiger partial charge >= 0.3 is 0 Å². The van der Waals surface area contributed by atoms with Gasteiger partial charge in [0.1, 0.15) is 6.10 Å². The van der Waals surface area contributed by atoms with Gasteiger partial charge < -0.3 is 10.2 Å². The third kappa shape index (κ3) is 2.21. The zero-order valence-corrected chi connectivity index (χ0v) is 7.42. The van der Waals surface area contributed by atoms with Crippen molar-refractivity contribution in [2.24, 2.45) is 0 Å². The molecule has 1 rings (SSSR count). The monoisotopic (exact) mass is 185 g/mol. The van der Waals surface area contributed by atoms with E-state index >= 15 is 0 Å². The van der Waals surface area contributed by atoms with E-state index in [1.54, 1.807) is 18.2 Å². The van der Waals surface area contributed by atoms with Crippen molar-refractivity contribution >= 4 is 11.6 Å². The molecule has 0 heterocycles. The van der Waals surface area contributed by atoms with E-state index in [1.807, 2.05) is 0 Å². The molecule has 2 atom stereocenters. The number of hydrogen-bond acceptors (Lipinski definition) is 2. The van der Waals surface area contributed by atoms with Crippen molar-refractivity contribution in [3.8, 4) is 0 Å². The van der Waals surface area contributed by atoms with Crippen molar-refractivity contribution in [1.82, 2.24) is 0 Å². The highest BCUT2D eigenvalue weighted by molar-refractivity contribution is 6.30. The lowest BCUT2D eigenvalue weighted by Crippen LogP contribution is -2.13. The molecule has 3 heteroatoms. The maximum absolute atomic E-state index is 9.39. The van der Waals surface area contributed by atoms with Crippen LogP contribution in [0.2, 0.25) is 5.02 Å². The summed E-state index contributed by atoms with van der Waals surface area (Å²) in [6.45, 7) is 1.52. The van der Waals surface area contributed by atoms with Gasteiger partial charge in [-0.05, 0) is 36.8 Å². The molecule has 0 amide bonds. The van der Waals surface area contributed by atoms with Crippen LogP contribution in [0.15, 0.2) is 18.2 Å². The van der Waals surface area contributed by atoms with Crippen LogP contribution >= 0.6 is 11.6 Å². The van der Waals surface area contributed by atoms with E-state index in [0.29, 0.717) is 10.6 Å². The Kier molecular flexibility index (Phi) is 3.09. The highest BCUT2D eigenvalue weighted by Gasteiger charge is 2.12. The van der Waals surface area contributed by atoms with Gasteiger partial charge in [0, 0.05) is 5.02 Å². The molecule has 0 aliphatic carbocycles. The number of rotatable bonds is 2. The van der Waals surface area contributed by atoms with Crippen LogP contribution < -0.4 is 0 Å². The Morgan fingerprint density at radius 2 is 2.08 bits per heavy atom. The second-order valence-electron chi connectivity index (χ2n) is 2.67. The van der Waals surface area contributed by atoms with Gasteiger partial charge in [0.15, 0.2) is 0 Å². The first-order valence-electron chi connectivity index (χ1n) is 3.64. The molecule has 12 heavy (non-hydrogen) atoms. The number of aliphatic hydroxyl groups is 2. The summed E-state index contributed by atoms with van der Waals surface area (Å²) in [6, 6.07) is 7.57. The Morgan fingerprint density at radius 1 is 1.42 bits per heavy atom. The Morgan fingerprint density at radius 3 is 2.58 bits per heavy atom. The Bertz CT molecular complexity index is 260. The van der Waals surface area contributed by atoms with Crippen LogP contribution in [0.1, 0.15) is 18.6 Å². The van der Waals surface area contributed by atoms with E-state index in [9.17, 15) is 5.11 Å². The van der Waals surface area contributed by atoms with E-state index in [4.69, 9.17) is 16.7 Å². The summed E-state index contributed by atoms with van der Waals surface area (Å²) in [5.41, 5.74) is 0.581. The molecule has 0 aliphatic heterocycles. The fraction of sp³-hybridized carbons (Fsp3) is 0.333.